The minimum Gasteiger partial charge on any atom is -0.326 e. The standard InChI is InChI=1S/C19H29N3O3S/c1-14(16-8-10-20-11-9-16)12-19(23)22-17-4-6-18(7-5-17)26(24,25)21-13-15-2-3-15/h4-7,14-16,20-21H,2-3,8-13H2,1H3,(H,22,23). The fraction of sp³-hybridized carbons (Fsp3) is 0.632. The third-order valence-corrected chi connectivity index (χ3v) is 6.84. The van der Waals surface area contributed by atoms with Gasteiger partial charge < -0.3 is 10.6 Å². The summed E-state index contributed by atoms with van der Waals surface area (Å²) < 4.78 is 27.1. The van der Waals surface area contributed by atoms with E-state index in [1.54, 1.807) is 24.3 Å². The van der Waals surface area contributed by atoms with Crippen LogP contribution in [0, 0.1) is 17.8 Å². The van der Waals surface area contributed by atoms with Gasteiger partial charge >= 0.3 is 0 Å². The van der Waals surface area contributed by atoms with Crippen molar-refractivity contribution in [3.05, 3.63) is 24.3 Å². The third-order valence-electron chi connectivity index (χ3n) is 5.40. The Morgan fingerprint density at radius 3 is 2.42 bits per heavy atom. The molecule has 1 amide bonds. The van der Waals surface area contributed by atoms with Crippen molar-refractivity contribution in [3.8, 4) is 0 Å². The average Bonchev–Trinajstić information content (AvgIpc) is 3.46. The number of nitrogens with one attached hydrogen (secondary N) is 3. The highest BCUT2D eigenvalue weighted by molar-refractivity contribution is 7.89. The highest BCUT2D eigenvalue weighted by Gasteiger charge is 2.24. The summed E-state index contributed by atoms with van der Waals surface area (Å²) in [6.07, 6.45) is 4.93. The summed E-state index contributed by atoms with van der Waals surface area (Å²) in [6, 6.07) is 6.39. The van der Waals surface area contributed by atoms with E-state index in [4.69, 9.17) is 0 Å². The first-order valence-electron chi connectivity index (χ1n) is 9.54. The highest BCUT2D eigenvalue weighted by Crippen LogP contribution is 2.28. The summed E-state index contributed by atoms with van der Waals surface area (Å²) in [5, 5.41) is 6.22. The topological polar surface area (TPSA) is 87.3 Å². The Hall–Kier alpha value is -1.44. The number of piperidine rings is 1. The van der Waals surface area contributed by atoms with Gasteiger partial charge in [-0.05, 0) is 80.8 Å². The second-order valence-electron chi connectivity index (χ2n) is 7.64. The number of sulfonamides is 1. The molecule has 1 unspecified atom stereocenters. The van der Waals surface area contributed by atoms with E-state index in [9.17, 15) is 13.2 Å². The lowest BCUT2D eigenvalue weighted by Gasteiger charge is -2.27. The average molecular weight is 380 g/mol. The molecule has 1 saturated carbocycles. The summed E-state index contributed by atoms with van der Waals surface area (Å²) in [5.41, 5.74) is 0.633. The zero-order valence-corrected chi connectivity index (χ0v) is 16.1. The summed E-state index contributed by atoms with van der Waals surface area (Å²) >= 11 is 0. The van der Waals surface area contributed by atoms with Crippen LogP contribution >= 0.6 is 0 Å². The summed E-state index contributed by atoms with van der Waals surface area (Å²) in [4.78, 5) is 12.5. The largest absolute Gasteiger partial charge is 0.326 e. The van der Waals surface area contributed by atoms with Crippen LogP contribution in [0.1, 0.15) is 39.0 Å². The van der Waals surface area contributed by atoms with E-state index in [1.807, 2.05) is 0 Å². The molecule has 1 aliphatic heterocycles. The summed E-state index contributed by atoms with van der Waals surface area (Å²) in [7, 11) is -3.46. The number of anilines is 1. The molecule has 0 aromatic heterocycles. The Morgan fingerprint density at radius 1 is 1.15 bits per heavy atom. The lowest BCUT2D eigenvalue weighted by Crippen LogP contribution is -2.32. The van der Waals surface area contributed by atoms with Crippen LogP contribution in [0.25, 0.3) is 0 Å². The normalized spacial score (nSPS) is 19.9. The van der Waals surface area contributed by atoms with Crippen LogP contribution in [0.5, 0.6) is 0 Å². The molecule has 26 heavy (non-hydrogen) atoms. The highest BCUT2D eigenvalue weighted by atomic mass is 32.2. The maximum Gasteiger partial charge on any atom is 0.240 e. The molecule has 144 valence electrons. The van der Waals surface area contributed by atoms with Crippen molar-refractivity contribution in [2.75, 3.05) is 25.0 Å². The Labute approximate surface area is 156 Å². The van der Waals surface area contributed by atoms with Crippen molar-refractivity contribution >= 4 is 21.6 Å². The zero-order chi connectivity index (χ0) is 18.6. The molecule has 1 aliphatic carbocycles. The lowest BCUT2D eigenvalue weighted by atomic mass is 9.84. The number of hydrogen-bond donors (Lipinski definition) is 3. The van der Waals surface area contributed by atoms with Crippen LogP contribution < -0.4 is 15.4 Å². The van der Waals surface area contributed by atoms with Gasteiger partial charge in [-0.25, -0.2) is 13.1 Å². The first-order valence-corrected chi connectivity index (χ1v) is 11.0. The minimum absolute atomic E-state index is 0.0153. The maximum atomic E-state index is 12.3. The minimum atomic E-state index is -3.46. The smallest absolute Gasteiger partial charge is 0.240 e. The molecular weight excluding hydrogens is 350 g/mol. The molecule has 0 bridgehead atoms. The Bertz CT molecular complexity index is 708. The van der Waals surface area contributed by atoms with Gasteiger partial charge in [0.05, 0.1) is 4.90 Å². The van der Waals surface area contributed by atoms with Crippen molar-refractivity contribution in [1.82, 2.24) is 10.0 Å². The van der Waals surface area contributed by atoms with Gasteiger partial charge in [0.15, 0.2) is 0 Å². The summed E-state index contributed by atoms with van der Waals surface area (Å²) in [6.45, 7) is 4.70. The number of amides is 1. The zero-order valence-electron chi connectivity index (χ0n) is 15.3. The second-order valence-corrected chi connectivity index (χ2v) is 9.40. The van der Waals surface area contributed by atoms with Crippen molar-refractivity contribution in [2.24, 2.45) is 17.8 Å². The van der Waals surface area contributed by atoms with Crippen molar-refractivity contribution in [1.29, 1.82) is 0 Å². The van der Waals surface area contributed by atoms with Gasteiger partial charge in [-0.2, -0.15) is 0 Å². The van der Waals surface area contributed by atoms with Crippen LogP contribution in [0.2, 0.25) is 0 Å². The Morgan fingerprint density at radius 2 is 1.81 bits per heavy atom. The van der Waals surface area contributed by atoms with Gasteiger partial charge in [-0.1, -0.05) is 6.92 Å². The molecule has 2 aliphatic rings. The molecule has 1 heterocycles. The molecule has 6 nitrogen and oxygen atoms in total. The molecule has 1 saturated heterocycles. The number of hydrogen-bond acceptors (Lipinski definition) is 4. The van der Waals surface area contributed by atoms with E-state index in [0.29, 0.717) is 36.4 Å². The maximum absolute atomic E-state index is 12.3. The third kappa shape index (κ3) is 5.53. The van der Waals surface area contributed by atoms with Gasteiger partial charge in [0.2, 0.25) is 15.9 Å². The van der Waals surface area contributed by atoms with Gasteiger partial charge in [0.1, 0.15) is 0 Å². The lowest BCUT2D eigenvalue weighted by molar-refractivity contribution is -0.117. The first-order chi connectivity index (χ1) is 12.4. The van der Waals surface area contributed by atoms with E-state index >= 15 is 0 Å². The summed E-state index contributed by atoms with van der Waals surface area (Å²) in [5.74, 6) is 1.42. The van der Waals surface area contributed by atoms with Crippen molar-refractivity contribution in [2.45, 2.75) is 43.9 Å². The van der Waals surface area contributed by atoms with Gasteiger partial charge in [0, 0.05) is 18.7 Å². The van der Waals surface area contributed by atoms with Crippen molar-refractivity contribution in [3.63, 3.8) is 0 Å². The molecule has 1 aromatic carbocycles. The fourth-order valence-corrected chi connectivity index (χ4v) is 4.55. The second kappa shape index (κ2) is 8.50. The predicted molar refractivity (Wildman–Crippen MR) is 102 cm³/mol. The number of carbonyl (C=O) groups is 1. The molecule has 1 atom stereocenters. The number of rotatable bonds is 8. The van der Waals surface area contributed by atoms with Crippen LogP contribution in [0.15, 0.2) is 29.2 Å². The van der Waals surface area contributed by atoms with Crippen LogP contribution in [0.3, 0.4) is 0 Å². The van der Waals surface area contributed by atoms with Crippen LogP contribution in [0.4, 0.5) is 5.69 Å². The van der Waals surface area contributed by atoms with Gasteiger partial charge in [-0.3, -0.25) is 4.79 Å². The van der Waals surface area contributed by atoms with Gasteiger partial charge in [-0.15, -0.1) is 0 Å². The molecule has 3 rings (SSSR count). The van der Waals surface area contributed by atoms with E-state index in [1.165, 1.54) is 0 Å². The van der Waals surface area contributed by atoms with E-state index in [0.717, 1.165) is 38.8 Å². The molecule has 0 radical (unpaired) electrons. The number of carbonyl (C=O) groups excluding carboxylic acids is 1. The molecule has 2 fully saturated rings. The number of benzene rings is 1. The van der Waals surface area contributed by atoms with Crippen LogP contribution in [-0.2, 0) is 14.8 Å². The Kier molecular flexibility index (Phi) is 6.32. The van der Waals surface area contributed by atoms with Gasteiger partial charge in [0.25, 0.3) is 0 Å². The van der Waals surface area contributed by atoms with E-state index in [2.05, 4.69) is 22.3 Å². The monoisotopic (exact) mass is 379 g/mol. The first kappa shape index (κ1) is 19.3. The molecular formula is C19H29N3O3S. The predicted octanol–water partition coefficient (Wildman–Crippen LogP) is 2.34. The van der Waals surface area contributed by atoms with Crippen LogP contribution in [-0.4, -0.2) is 34.0 Å². The van der Waals surface area contributed by atoms with E-state index in [-0.39, 0.29) is 10.8 Å². The fourth-order valence-electron chi connectivity index (χ4n) is 3.43. The molecule has 7 heteroatoms. The van der Waals surface area contributed by atoms with E-state index < -0.39 is 10.0 Å². The molecule has 0 spiro atoms. The van der Waals surface area contributed by atoms with Crippen molar-refractivity contribution < 1.29 is 13.2 Å². The Balaban J connectivity index is 1.50. The quantitative estimate of drug-likeness (QED) is 0.647. The SMILES string of the molecule is CC(CC(=O)Nc1ccc(S(=O)(=O)NCC2CC2)cc1)C1CCNCC1. The molecule has 1 aromatic rings. The molecule has 3 N–H and O–H groups in total.